The molecule has 0 aromatic heterocycles. The van der Waals surface area contributed by atoms with Crippen molar-refractivity contribution in [1.82, 2.24) is 5.32 Å². The van der Waals surface area contributed by atoms with E-state index in [1.54, 1.807) is 18.2 Å². The van der Waals surface area contributed by atoms with Crippen molar-refractivity contribution in [2.24, 2.45) is 0 Å². The van der Waals surface area contributed by atoms with Gasteiger partial charge in [-0.25, -0.2) is 0 Å². The molecule has 0 bridgehead atoms. The SMILES string of the molecule is O=C(/C=C/c1ccc(Cl)cc1Cl)NCc1cc([N+](=O)[O-])ccc1O. The lowest BCUT2D eigenvalue weighted by molar-refractivity contribution is -0.384. The Balaban J connectivity index is 2.02. The molecule has 6 nitrogen and oxygen atoms in total. The fourth-order valence-electron chi connectivity index (χ4n) is 1.87. The van der Waals surface area contributed by atoms with Gasteiger partial charge in [-0.3, -0.25) is 14.9 Å². The highest BCUT2D eigenvalue weighted by Crippen LogP contribution is 2.23. The van der Waals surface area contributed by atoms with E-state index < -0.39 is 10.8 Å². The van der Waals surface area contributed by atoms with Crippen LogP contribution in [-0.4, -0.2) is 15.9 Å². The lowest BCUT2D eigenvalue weighted by atomic mass is 10.1. The van der Waals surface area contributed by atoms with Crippen molar-refractivity contribution in [2.75, 3.05) is 0 Å². The van der Waals surface area contributed by atoms with Gasteiger partial charge in [0.25, 0.3) is 5.69 Å². The summed E-state index contributed by atoms with van der Waals surface area (Å²) in [4.78, 5) is 22.0. The fourth-order valence-corrected chi connectivity index (χ4v) is 2.34. The fraction of sp³-hybridized carbons (Fsp3) is 0.0625. The molecule has 124 valence electrons. The van der Waals surface area contributed by atoms with E-state index in [0.29, 0.717) is 15.6 Å². The maximum atomic E-state index is 11.8. The predicted octanol–water partition coefficient (Wildman–Crippen LogP) is 3.94. The first-order valence-electron chi connectivity index (χ1n) is 6.74. The molecule has 0 saturated carbocycles. The molecule has 0 aliphatic heterocycles. The van der Waals surface area contributed by atoms with Crippen LogP contribution in [0.1, 0.15) is 11.1 Å². The van der Waals surface area contributed by atoms with Gasteiger partial charge in [-0.15, -0.1) is 0 Å². The summed E-state index contributed by atoms with van der Waals surface area (Å²) in [6, 6.07) is 8.47. The van der Waals surface area contributed by atoms with Crippen LogP contribution >= 0.6 is 23.2 Å². The number of nitrogens with zero attached hydrogens (tertiary/aromatic N) is 1. The summed E-state index contributed by atoms with van der Waals surface area (Å²) in [5.41, 5.74) is 0.699. The summed E-state index contributed by atoms with van der Waals surface area (Å²) in [5.74, 6) is -0.572. The number of nitro groups is 1. The maximum Gasteiger partial charge on any atom is 0.270 e. The second-order valence-corrected chi connectivity index (χ2v) is 5.63. The van der Waals surface area contributed by atoms with Crippen LogP contribution in [0.4, 0.5) is 5.69 Å². The smallest absolute Gasteiger partial charge is 0.270 e. The third-order valence-corrected chi connectivity index (χ3v) is 3.67. The number of carbonyl (C=O) groups is 1. The number of phenols is 1. The van der Waals surface area contributed by atoms with Crippen molar-refractivity contribution in [2.45, 2.75) is 6.54 Å². The highest BCUT2D eigenvalue weighted by Gasteiger charge is 2.10. The third-order valence-electron chi connectivity index (χ3n) is 3.10. The topological polar surface area (TPSA) is 92.5 Å². The number of halogens is 2. The number of aromatic hydroxyl groups is 1. The largest absolute Gasteiger partial charge is 0.508 e. The minimum atomic E-state index is -0.576. The summed E-state index contributed by atoms with van der Waals surface area (Å²) in [5, 5.41) is 23.8. The molecule has 2 rings (SSSR count). The van der Waals surface area contributed by atoms with Gasteiger partial charge in [-0.2, -0.15) is 0 Å². The number of phenolic OH excluding ortho intramolecular Hbond substituents is 1. The molecule has 0 saturated heterocycles. The van der Waals surface area contributed by atoms with Crippen LogP contribution < -0.4 is 5.32 Å². The monoisotopic (exact) mass is 366 g/mol. The second kappa shape index (κ2) is 7.81. The summed E-state index contributed by atoms with van der Waals surface area (Å²) >= 11 is 11.8. The zero-order valence-corrected chi connectivity index (χ0v) is 13.7. The van der Waals surface area contributed by atoms with E-state index in [4.69, 9.17) is 23.2 Å². The molecular formula is C16H12Cl2N2O4. The first-order valence-corrected chi connectivity index (χ1v) is 7.49. The van der Waals surface area contributed by atoms with Crippen LogP contribution in [0.3, 0.4) is 0 Å². The van der Waals surface area contributed by atoms with E-state index in [1.807, 2.05) is 0 Å². The molecule has 1 amide bonds. The van der Waals surface area contributed by atoms with E-state index in [2.05, 4.69) is 5.32 Å². The Labute approximate surface area is 147 Å². The van der Waals surface area contributed by atoms with Gasteiger partial charge in [0.1, 0.15) is 5.75 Å². The lowest BCUT2D eigenvalue weighted by Gasteiger charge is -2.05. The molecule has 8 heteroatoms. The molecule has 0 spiro atoms. The highest BCUT2D eigenvalue weighted by atomic mass is 35.5. The second-order valence-electron chi connectivity index (χ2n) is 4.79. The number of nitro benzene ring substituents is 1. The summed E-state index contributed by atoms with van der Waals surface area (Å²) in [6.07, 6.45) is 2.78. The molecule has 0 aliphatic rings. The average molecular weight is 367 g/mol. The van der Waals surface area contributed by atoms with Crippen molar-refractivity contribution >= 4 is 40.9 Å². The summed E-state index contributed by atoms with van der Waals surface area (Å²) in [6.45, 7) is -0.0506. The van der Waals surface area contributed by atoms with Gasteiger partial charge >= 0.3 is 0 Å². The Bertz CT molecular complexity index is 822. The quantitative estimate of drug-likeness (QED) is 0.476. The van der Waals surface area contributed by atoms with Crippen LogP contribution in [0.2, 0.25) is 10.0 Å². The first-order chi connectivity index (χ1) is 11.4. The predicted molar refractivity (Wildman–Crippen MR) is 92.1 cm³/mol. The normalized spacial score (nSPS) is 10.8. The van der Waals surface area contributed by atoms with Crippen molar-refractivity contribution in [1.29, 1.82) is 0 Å². The van der Waals surface area contributed by atoms with E-state index in [9.17, 15) is 20.0 Å². The Morgan fingerprint density at radius 2 is 2.00 bits per heavy atom. The van der Waals surface area contributed by atoms with Gasteiger partial charge in [0.2, 0.25) is 5.91 Å². The van der Waals surface area contributed by atoms with Crippen molar-refractivity contribution < 1.29 is 14.8 Å². The van der Waals surface area contributed by atoms with Crippen molar-refractivity contribution in [3.63, 3.8) is 0 Å². The molecular weight excluding hydrogens is 355 g/mol. The molecule has 0 aliphatic carbocycles. The molecule has 0 radical (unpaired) electrons. The zero-order valence-electron chi connectivity index (χ0n) is 12.2. The number of amides is 1. The van der Waals surface area contributed by atoms with Gasteiger partial charge < -0.3 is 10.4 Å². The number of nitrogens with one attached hydrogen (secondary N) is 1. The molecule has 2 aromatic rings. The molecule has 0 heterocycles. The lowest BCUT2D eigenvalue weighted by Crippen LogP contribution is -2.20. The number of benzene rings is 2. The molecule has 0 atom stereocenters. The Morgan fingerprint density at radius 3 is 2.67 bits per heavy atom. The Morgan fingerprint density at radius 1 is 1.25 bits per heavy atom. The van der Waals surface area contributed by atoms with E-state index in [0.717, 1.165) is 0 Å². The molecule has 24 heavy (non-hydrogen) atoms. The van der Waals surface area contributed by atoms with Gasteiger partial charge in [-0.1, -0.05) is 29.3 Å². The summed E-state index contributed by atoms with van der Waals surface area (Å²) < 4.78 is 0. The third kappa shape index (κ3) is 4.71. The standard InChI is InChI=1S/C16H12Cl2N2O4/c17-12-3-1-10(14(18)8-12)2-6-16(22)19-9-11-7-13(20(23)24)4-5-15(11)21/h1-8,21H,9H2,(H,19,22)/b6-2+. The average Bonchev–Trinajstić information content (AvgIpc) is 2.53. The van der Waals surface area contributed by atoms with Crippen molar-refractivity contribution in [3.05, 3.63) is 73.8 Å². The van der Waals surface area contributed by atoms with Gasteiger partial charge in [0, 0.05) is 40.4 Å². The van der Waals surface area contributed by atoms with E-state index >= 15 is 0 Å². The van der Waals surface area contributed by atoms with Crippen LogP contribution in [0, 0.1) is 10.1 Å². The van der Waals surface area contributed by atoms with E-state index in [-0.39, 0.29) is 23.5 Å². The Kier molecular flexibility index (Phi) is 5.78. The first kappa shape index (κ1) is 17.8. The van der Waals surface area contributed by atoms with Crippen LogP contribution in [0.15, 0.2) is 42.5 Å². The van der Waals surface area contributed by atoms with E-state index in [1.165, 1.54) is 30.4 Å². The minimum Gasteiger partial charge on any atom is -0.508 e. The molecule has 0 fully saturated rings. The van der Waals surface area contributed by atoms with Crippen LogP contribution in [-0.2, 0) is 11.3 Å². The Hall–Kier alpha value is -2.57. The van der Waals surface area contributed by atoms with Gasteiger partial charge in [-0.05, 0) is 29.8 Å². The van der Waals surface area contributed by atoms with Crippen LogP contribution in [0.5, 0.6) is 5.75 Å². The van der Waals surface area contributed by atoms with Gasteiger partial charge in [0.05, 0.1) is 4.92 Å². The number of hydrogen-bond acceptors (Lipinski definition) is 4. The number of carbonyl (C=O) groups excluding carboxylic acids is 1. The molecule has 2 aromatic carbocycles. The maximum absolute atomic E-state index is 11.8. The minimum absolute atomic E-state index is 0.0506. The van der Waals surface area contributed by atoms with Crippen molar-refractivity contribution in [3.8, 4) is 5.75 Å². The molecule has 0 unspecified atom stereocenters. The highest BCUT2D eigenvalue weighted by molar-refractivity contribution is 6.35. The number of hydrogen-bond donors (Lipinski definition) is 2. The van der Waals surface area contributed by atoms with Crippen LogP contribution in [0.25, 0.3) is 6.08 Å². The number of rotatable bonds is 5. The number of non-ortho nitro benzene ring substituents is 1. The summed E-state index contributed by atoms with van der Waals surface area (Å²) in [7, 11) is 0. The van der Waals surface area contributed by atoms with Gasteiger partial charge in [0.15, 0.2) is 0 Å². The zero-order chi connectivity index (χ0) is 17.7. The molecule has 2 N–H and O–H groups in total.